The molecule has 1 rings (SSSR count). The van der Waals surface area contributed by atoms with Crippen LogP contribution in [0, 0.1) is 5.82 Å². The number of carbonyl (C=O) groups excluding carboxylic acids is 1. The third-order valence-electron chi connectivity index (χ3n) is 2.05. The van der Waals surface area contributed by atoms with Gasteiger partial charge in [0.25, 0.3) is 0 Å². The lowest BCUT2D eigenvalue weighted by atomic mass is 9.99. The standard InChI is InChI=1S/C10H9FO5/c11-6-1-2-7(5(3-6)4-12)8(13)9(14)10(15)16/h1-4,8-9,13-14H,(H,15,16). The van der Waals surface area contributed by atoms with E-state index >= 15 is 0 Å². The molecular weight excluding hydrogens is 219 g/mol. The van der Waals surface area contributed by atoms with E-state index in [4.69, 9.17) is 10.2 Å². The third kappa shape index (κ3) is 2.41. The van der Waals surface area contributed by atoms with Crippen molar-refractivity contribution in [2.24, 2.45) is 0 Å². The number of aliphatic hydroxyl groups excluding tert-OH is 2. The molecule has 0 fully saturated rings. The van der Waals surface area contributed by atoms with Crippen LogP contribution in [0.3, 0.4) is 0 Å². The van der Waals surface area contributed by atoms with E-state index in [2.05, 4.69) is 0 Å². The molecule has 0 aliphatic carbocycles. The average molecular weight is 228 g/mol. The lowest BCUT2D eigenvalue weighted by molar-refractivity contribution is -0.153. The van der Waals surface area contributed by atoms with Crippen molar-refractivity contribution in [1.82, 2.24) is 0 Å². The van der Waals surface area contributed by atoms with Crippen molar-refractivity contribution in [3.63, 3.8) is 0 Å². The number of hydrogen-bond acceptors (Lipinski definition) is 4. The number of hydrogen-bond donors (Lipinski definition) is 3. The summed E-state index contributed by atoms with van der Waals surface area (Å²) in [5.41, 5.74) is -0.334. The number of aldehydes is 1. The summed E-state index contributed by atoms with van der Waals surface area (Å²) in [5, 5.41) is 27.0. The van der Waals surface area contributed by atoms with Gasteiger partial charge in [0.05, 0.1) is 0 Å². The highest BCUT2D eigenvalue weighted by Gasteiger charge is 2.27. The van der Waals surface area contributed by atoms with Crippen molar-refractivity contribution in [2.45, 2.75) is 12.2 Å². The minimum absolute atomic E-state index is 0.133. The summed E-state index contributed by atoms with van der Waals surface area (Å²) in [6, 6.07) is 2.86. The molecule has 0 aliphatic heterocycles. The molecule has 2 unspecified atom stereocenters. The second-order valence-electron chi connectivity index (χ2n) is 3.12. The average Bonchev–Trinajstić information content (AvgIpc) is 2.26. The fraction of sp³-hybridized carbons (Fsp3) is 0.200. The molecule has 0 bridgehead atoms. The Morgan fingerprint density at radius 1 is 1.38 bits per heavy atom. The van der Waals surface area contributed by atoms with Crippen LogP contribution in [0.1, 0.15) is 22.0 Å². The van der Waals surface area contributed by atoms with E-state index in [0.29, 0.717) is 0 Å². The van der Waals surface area contributed by atoms with E-state index in [9.17, 15) is 19.1 Å². The maximum atomic E-state index is 12.7. The Hall–Kier alpha value is -1.79. The number of aliphatic carboxylic acids is 1. The Balaban J connectivity index is 3.12. The molecule has 16 heavy (non-hydrogen) atoms. The van der Waals surface area contributed by atoms with E-state index in [0.717, 1.165) is 18.2 Å². The van der Waals surface area contributed by atoms with Crippen LogP contribution in [0.4, 0.5) is 4.39 Å². The van der Waals surface area contributed by atoms with Crippen LogP contribution >= 0.6 is 0 Å². The summed E-state index contributed by atoms with van der Waals surface area (Å²) in [6.45, 7) is 0. The normalized spacial score (nSPS) is 14.2. The number of carboxylic acid groups (broad SMARTS) is 1. The van der Waals surface area contributed by atoms with Crippen LogP contribution in [0.15, 0.2) is 18.2 Å². The van der Waals surface area contributed by atoms with E-state index in [1.165, 1.54) is 0 Å². The van der Waals surface area contributed by atoms with Gasteiger partial charge in [-0.3, -0.25) is 4.79 Å². The zero-order valence-corrected chi connectivity index (χ0v) is 8.00. The van der Waals surface area contributed by atoms with Gasteiger partial charge in [-0.05, 0) is 17.7 Å². The van der Waals surface area contributed by atoms with Crippen molar-refractivity contribution >= 4 is 12.3 Å². The largest absolute Gasteiger partial charge is 0.479 e. The van der Waals surface area contributed by atoms with Crippen molar-refractivity contribution in [1.29, 1.82) is 0 Å². The Bertz CT molecular complexity index is 418. The molecule has 0 saturated carbocycles. The number of halogens is 1. The highest BCUT2D eigenvalue weighted by Crippen LogP contribution is 2.21. The summed E-state index contributed by atoms with van der Waals surface area (Å²) >= 11 is 0. The Morgan fingerprint density at radius 3 is 2.50 bits per heavy atom. The smallest absolute Gasteiger partial charge is 0.335 e. The molecule has 0 heterocycles. The predicted molar refractivity (Wildman–Crippen MR) is 50.4 cm³/mol. The summed E-state index contributed by atoms with van der Waals surface area (Å²) in [4.78, 5) is 21.0. The quantitative estimate of drug-likeness (QED) is 0.636. The topological polar surface area (TPSA) is 94.8 Å². The van der Waals surface area contributed by atoms with Gasteiger partial charge in [-0.25, -0.2) is 9.18 Å². The predicted octanol–water partition coefficient (Wildman–Crippen LogP) is 0.117. The van der Waals surface area contributed by atoms with Crippen LogP contribution < -0.4 is 0 Å². The van der Waals surface area contributed by atoms with Gasteiger partial charge in [-0.1, -0.05) is 6.07 Å². The monoisotopic (exact) mass is 228 g/mol. The second kappa shape index (κ2) is 4.82. The molecule has 0 aliphatic rings. The van der Waals surface area contributed by atoms with Crippen LogP contribution in [-0.4, -0.2) is 33.7 Å². The minimum atomic E-state index is -2.07. The van der Waals surface area contributed by atoms with Crippen molar-refractivity contribution in [2.75, 3.05) is 0 Å². The van der Waals surface area contributed by atoms with Gasteiger partial charge < -0.3 is 15.3 Å². The Morgan fingerprint density at radius 2 is 2.00 bits per heavy atom. The number of aliphatic hydroxyl groups is 2. The van der Waals surface area contributed by atoms with Gasteiger partial charge in [0.2, 0.25) is 0 Å². The molecule has 0 spiro atoms. The summed E-state index contributed by atoms with van der Waals surface area (Å²) < 4.78 is 12.7. The highest BCUT2D eigenvalue weighted by atomic mass is 19.1. The second-order valence-corrected chi connectivity index (χ2v) is 3.12. The number of benzene rings is 1. The van der Waals surface area contributed by atoms with Gasteiger partial charge in [-0.15, -0.1) is 0 Å². The van der Waals surface area contributed by atoms with Crippen molar-refractivity contribution < 1.29 is 29.3 Å². The molecule has 1 aromatic carbocycles. The number of carboxylic acids is 1. The first-order valence-electron chi connectivity index (χ1n) is 4.31. The molecule has 6 heteroatoms. The zero-order chi connectivity index (χ0) is 12.3. The maximum absolute atomic E-state index is 12.7. The lowest BCUT2D eigenvalue weighted by Gasteiger charge is -2.15. The van der Waals surface area contributed by atoms with Gasteiger partial charge in [0.1, 0.15) is 11.9 Å². The maximum Gasteiger partial charge on any atom is 0.335 e. The molecule has 1 aromatic rings. The first kappa shape index (κ1) is 12.3. The van der Waals surface area contributed by atoms with Gasteiger partial charge in [0, 0.05) is 5.56 Å². The molecule has 0 aromatic heterocycles. The van der Waals surface area contributed by atoms with Crippen LogP contribution in [-0.2, 0) is 4.79 Å². The van der Waals surface area contributed by atoms with Gasteiger partial charge in [0.15, 0.2) is 12.4 Å². The highest BCUT2D eigenvalue weighted by molar-refractivity contribution is 5.79. The molecule has 86 valence electrons. The molecule has 0 saturated heterocycles. The molecule has 3 N–H and O–H groups in total. The van der Waals surface area contributed by atoms with Crippen LogP contribution in [0.25, 0.3) is 0 Å². The molecule has 5 nitrogen and oxygen atoms in total. The first-order valence-corrected chi connectivity index (χ1v) is 4.31. The Kier molecular flexibility index (Phi) is 3.70. The molecule has 0 amide bonds. The molecule has 2 atom stereocenters. The fourth-order valence-electron chi connectivity index (χ4n) is 1.22. The molecule has 0 radical (unpaired) electrons. The van der Waals surface area contributed by atoms with Crippen molar-refractivity contribution in [3.8, 4) is 0 Å². The Labute approximate surface area is 89.8 Å². The molecular formula is C10H9FO5. The van der Waals surface area contributed by atoms with E-state index < -0.39 is 24.0 Å². The zero-order valence-electron chi connectivity index (χ0n) is 8.00. The van der Waals surface area contributed by atoms with Gasteiger partial charge in [-0.2, -0.15) is 0 Å². The van der Waals surface area contributed by atoms with Crippen molar-refractivity contribution in [3.05, 3.63) is 35.1 Å². The summed E-state index contributed by atoms with van der Waals surface area (Å²) in [5.74, 6) is -2.32. The minimum Gasteiger partial charge on any atom is -0.479 e. The van der Waals surface area contributed by atoms with Crippen LogP contribution in [0.5, 0.6) is 0 Å². The number of rotatable bonds is 4. The van der Waals surface area contributed by atoms with Crippen LogP contribution in [0.2, 0.25) is 0 Å². The number of carbonyl (C=O) groups is 2. The lowest BCUT2D eigenvalue weighted by Crippen LogP contribution is -2.28. The summed E-state index contributed by atoms with van der Waals surface area (Å²) in [6.07, 6.45) is -3.57. The van der Waals surface area contributed by atoms with Gasteiger partial charge >= 0.3 is 5.97 Å². The fourth-order valence-corrected chi connectivity index (χ4v) is 1.22. The van der Waals surface area contributed by atoms with E-state index in [-0.39, 0.29) is 17.4 Å². The van der Waals surface area contributed by atoms with E-state index in [1.54, 1.807) is 0 Å². The SMILES string of the molecule is O=Cc1cc(F)ccc1C(O)C(O)C(=O)O. The summed E-state index contributed by atoms with van der Waals surface area (Å²) in [7, 11) is 0. The third-order valence-corrected chi connectivity index (χ3v) is 2.05. The first-order chi connectivity index (χ1) is 7.47. The van der Waals surface area contributed by atoms with E-state index in [1.807, 2.05) is 0 Å².